The van der Waals surface area contributed by atoms with Crippen LogP contribution in [0.4, 0.5) is 0 Å². The average molecular weight is 238 g/mol. The molecule has 0 saturated heterocycles. The van der Waals surface area contributed by atoms with Crippen LogP contribution in [0.3, 0.4) is 0 Å². The minimum Gasteiger partial charge on any atom is -0.309 e. The number of hydrogen-bond donors (Lipinski definition) is 0. The minimum atomic E-state index is 0.782. The topological polar surface area (TPSA) is 3.24 Å². The molecule has 0 unspecified atom stereocenters. The molecule has 1 rings (SSSR count). The fraction of sp³-hybridized carbons (Fsp3) is 0.556. The summed E-state index contributed by atoms with van der Waals surface area (Å²) in [4.78, 5) is 2.17. The molecule has 0 bridgehead atoms. The summed E-state index contributed by atoms with van der Waals surface area (Å²) < 4.78 is 1.62. The second-order valence-electron chi connectivity index (χ2n) is 3.26. The van der Waals surface area contributed by atoms with E-state index in [1.807, 2.05) is 6.07 Å². The van der Waals surface area contributed by atoms with Gasteiger partial charge in [-0.25, -0.2) is 0 Å². The Morgan fingerprint density at radius 2 is 2.08 bits per heavy atom. The monoisotopic (exact) mass is 237 g/mol. The van der Waals surface area contributed by atoms with E-state index in [4.69, 9.17) is 23.2 Å². The first-order valence-corrected chi connectivity index (χ1v) is 5.75. The lowest BCUT2D eigenvalue weighted by atomic mass is 10.2. The van der Waals surface area contributed by atoms with Gasteiger partial charge in [-0.2, -0.15) is 0 Å². The largest absolute Gasteiger partial charge is 0.309 e. The summed E-state index contributed by atoms with van der Waals surface area (Å²) in [6.07, 6.45) is 2.14. The fourth-order valence-electron chi connectivity index (χ4n) is 1.13. The van der Waals surface area contributed by atoms with E-state index < -0.39 is 0 Å². The van der Waals surface area contributed by atoms with Gasteiger partial charge in [-0.05, 0) is 45.1 Å². The summed E-state index contributed by atoms with van der Waals surface area (Å²) in [6.45, 7) is 1.09. The van der Waals surface area contributed by atoms with E-state index in [2.05, 4.69) is 19.0 Å². The Kier molecular flexibility index (Phi) is 4.53. The first kappa shape index (κ1) is 11.3. The average Bonchev–Trinajstić information content (AvgIpc) is 2.29. The van der Waals surface area contributed by atoms with Crippen molar-refractivity contribution < 1.29 is 0 Å². The first-order chi connectivity index (χ1) is 6.09. The van der Waals surface area contributed by atoms with E-state index >= 15 is 0 Å². The number of thiophene rings is 1. The highest BCUT2D eigenvalue weighted by Gasteiger charge is 2.05. The molecule has 0 saturated carbocycles. The van der Waals surface area contributed by atoms with Gasteiger partial charge >= 0.3 is 0 Å². The third-order valence-electron chi connectivity index (χ3n) is 1.78. The van der Waals surface area contributed by atoms with Crippen LogP contribution >= 0.6 is 34.5 Å². The maximum absolute atomic E-state index is 5.98. The van der Waals surface area contributed by atoms with E-state index in [0.29, 0.717) is 0 Å². The van der Waals surface area contributed by atoms with Gasteiger partial charge in [0.1, 0.15) is 0 Å². The van der Waals surface area contributed by atoms with Gasteiger partial charge in [0.25, 0.3) is 0 Å². The predicted octanol–water partition coefficient (Wildman–Crippen LogP) is 3.55. The number of halogens is 2. The Labute approximate surface area is 93.3 Å². The van der Waals surface area contributed by atoms with Crippen molar-refractivity contribution in [1.29, 1.82) is 0 Å². The highest BCUT2D eigenvalue weighted by atomic mass is 35.5. The molecule has 0 aliphatic carbocycles. The molecule has 0 aliphatic heterocycles. The van der Waals surface area contributed by atoms with Gasteiger partial charge in [0, 0.05) is 0 Å². The maximum atomic E-state index is 5.98. The molecule has 0 atom stereocenters. The van der Waals surface area contributed by atoms with Crippen LogP contribution in [0.5, 0.6) is 0 Å². The van der Waals surface area contributed by atoms with Crippen LogP contribution in [0.15, 0.2) is 6.07 Å². The second kappa shape index (κ2) is 5.20. The summed E-state index contributed by atoms with van der Waals surface area (Å²) in [5.41, 5.74) is 1.18. The van der Waals surface area contributed by atoms with Gasteiger partial charge in [-0.15, -0.1) is 11.3 Å². The van der Waals surface area contributed by atoms with Gasteiger partial charge in [0.15, 0.2) is 0 Å². The van der Waals surface area contributed by atoms with Crippen LogP contribution in [-0.2, 0) is 6.42 Å². The number of rotatable bonds is 4. The summed E-state index contributed by atoms with van der Waals surface area (Å²) in [5.74, 6) is 0. The number of nitrogens with zero attached hydrogens (tertiary/aromatic N) is 1. The molecule has 0 aliphatic rings. The SMILES string of the molecule is CN(C)CCCc1cc(Cl)sc1Cl. The molecule has 0 amide bonds. The molecular weight excluding hydrogens is 225 g/mol. The molecule has 0 fully saturated rings. The van der Waals surface area contributed by atoms with E-state index in [9.17, 15) is 0 Å². The van der Waals surface area contributed by atoms with Crippen molar-refractivity contribution in [2.24, 2.45) is 0 Å². The molecule has 0 spiro atoms. The lowest BCUT2D eigenvalue weighted by Gasteiger charge is -2.07. The molecule has 1 nitrogen and oxygen atoms in total. The quantitative estimate of drug-likeness (QED) is 0.775. The molecule has 1 aromatic rings. The van der Waals surface area contributed by atoms with Crippen LogP contribution in [0, 0.1) is 0 Å². The molecule has 4 heteroatoms. The van der Waals surface area contributed by atoms with Crippen molar-refractivity contribution in [2.45, 2.75) is 12.8 Å². The summed E-state index contributed by atoms with van der Waals surface area (Å²) in [6, 6.07) is 1.96. The predicted molar refractivity (Wildman–Crippen MR) is 61.2 cm³/mol. The van der Waals surface area contributed by atoms with Crippen molar-refractivity contribution in [2.75, 3.05) is 20.6 Å². The van der Waals surface area contributed by atoms with E-state index in [1.54, 1.807) is 0 Å². The third-order valence-corrected chi connectivity index (χ3v) is 3.35. The van der Waals surface area contributed by atoms with E-state index in [-0.39, 0.29) is 0 Å². The van der Waals surface area contributed by atoms with Crippen LogP contribution in [0.2, 0.25) is 8.67 Å². The zero-order valence-corrected chi connectivity index (χ0v) is 10.1. The van der Waals surface area contributed by atoms with E-state index in [0.717, 1.165) is 28.1 Å². The normalized spacial score (nSPS) is 11.2. The van der Waals surface area contributed by atoms with E-state index in [1.165, 1.54) is 16.9 Å². The third kappa shape index (κ3) is 3.86. The van der Waals surface area contributed by atoms with Crippen LogP contribution < -0.4 is 0 Å². The molecule has 0 aromatic carbocycles. The van der Waals surface area contributed by atoms with Crippen LogP contribution in [-0.4, -0.2) is 25.5 Å². The Bertz CT molecular complexity index is 271. The highest BCUT2D eigenvalue weighted by molar-refractivity contribution is 7.20. The molecule has 0 radical (unpaired) electrons. The Balaban J connectivity index is 2.40. The smallest absolute Gasteiger partial charge is 0.0976 e. The van der Waals surface area contributed by atoms with Crippen molar-refractivity contribution in [1.82, 2.24) is 4.90 Å². The summed E-state index contributed by atoms with van der Waals surface area (Å²) in [5, 5.41) is 0. The van der Waals surface area contributed by atoms with Crippen molar-refractivity contribution in [3.63, 3.8) is 0 Å². The Morgan fingerprint density at radius 3 is 2.54 bits per heavy atom. The van der Waals surface area contributed by atoms with Crippen molar-refractivity contribution >= 4 is 34.5 Å². The zero-order chi connectivity index (χ0) is 9.84. The molecular formula is C9H13Cl2NS. The first-order valence-electron chi connectivity index (χ1n) is 4.18. The molecule has 0 N–H and O–H groups in total. The number of aryl methyl sites for hydroxylation is 1. The minimum absolute atomic E-state index is 0.782. The fourth-order valence-corrected chi connectivity index (χ4v) is 2.68. The second-order valence-corrected chi connectivity index (χ2v) is 5.54. The lowest BCUT2D eigenvalue weighted by Crippen LogP contribution is -2.13. The van der Waals surface area contributed by atoms with Gasteiger partial charge in [-0.3, -0.25) is 0 Å². The molecule has 74 valence electrons. The molecule has 13 heavy (non-hydrogen) atoms. The van der Waals surface area contributed by atoms with Crippen LogP contribution in [0.1, 0.15) is 12.0 Å². The summed E-state index contributed by atoms with van der Waals surface area (Å²) >= 11 is 13.3. The Hall–Kier alpha value is 0.240. The van der Waals surface area contributed by atoms with Crippen molar-refractivity contribution in [3.05, 3.63) is 20.3 Å². The Morgan fingerprint density at radius 1 is 1.38 bits per heavy atom. The summed E-state index contributed by atoms with van der Waals surface area (Å²) in [7, 11) is 4.14. The maximum Gasteiger partial charge on any atom is 0.0976 e. The number of hydrogen-bond acceptors (Lipinski definition) is 2. The van der Waals surface area contributed by atoms with Gasteiger partial charge < -0.3 is 4.90 Å². The van der Waals surface area contributed by atoms with Gasteiger partial charge in [-0.1, -0.05) is 23.2 Å². The molecule has 1 heterocycles. The van der Waals surface area contributed by atoms with Gasteiger partial charge in [0.05, 0.1) is 8.67 Å². The zero-order valence-electron chi connectivity index (χ0n) is 7.81. The standard InChI is InChI=1S/C9H13Cl2NS/c1-12(2)5-3-4-7-6-8(10)13-9(7)11/h6H,3-5H2,1-2H3. The van der Waals surface area contributed by atoms with Gasteiger partial charge in [0.2, 0.25) is 0 Å². The molecule has 1 aromatic heterocycles. The van der Waals surface area contributed by atoms with Crippen LogP contribution in [0.25, 0.3) is 0 Å². The highest BCUT2D eigenvalue weighted by Crippen LogP contribution is 2.31. The lowest BCUT2D eigenvalue weighted by molar-refractivity contribution is 0.400. The van der Waals surface area contributed by atoms with Crippen molar-refractivity contribution in [3.8, 4) is 0 Å².